The molecular weight excluding hydrogens is 276 g/mol. The minimum Gasteiger partial charge on any atom is -0.352 e. The maximum absolute atomic E-state index is 11.9. The van der Waals surface area contributed by atoms with Gasteiger partial charge in [0.25, 0.3) is 0 Å². The van der Waals surface area contributed by atoms with Crippen LogP contribution in [0.25, 0.3) is 0 Å². The molecule has 1 amide bonds. The first-order valence-electron chi connectivity index (χ1n) is 6.93. The summed E-state index contributed by atoms with van der Waals surface area (Å²) >= 11 is 3.32. The Morgan fingerprint density at radius 3 is 3.00 bits per heavy atom. The Bertz CT molecular complexity index is 419. The molecule has 106 valence electrons. The average molecular weight is 298 g/mol. The zero-order valence-corrected chi connectivity index (χ0v) is 13.3. The molecule has 1 aromatic heterocycles. The summed E-state index contributed by atoms with van der Waals surface area (Å²) < 4.78 is 0. The summed E-state index contributed by atoms with van der Waals surface area (Å²) in [6.45, 7) is 4.26. The molecule has 0 bridgehead atoms. The van der Waals surface area contributed by atoms with Crippen LogP contribution in [-0.2, 0) is 10.5 Å². The number of aromatic nitrogens is 1. The van der Waals surface area contributed by atoms with Crippen LogP contribution in [0.15, 0.2) is 5.38 Å². The minimum atomic E-state index is 0.177. The molecule has 2 atom stereocenters. The van der Waals surface area contributed by atoms with Gasteiger partial charge in [0.2, 0.25) is 5.91 Å². The van der Waals surface area contributed by atoms with Crippen LogP contribution in [0, 0.1) is 12.8 Å². The number of nitrogens with one attached hydrogen (secondary N) is 1. The lowest BCUT2D eigenvalue weighted by atomic mass is 9.86. The van der Waals surface area contributed by atoms with Gasteiger partial charge in [-0.2, -0.15) is 0 Å². The third kappa shape index (κ3) is 4.80. The second kappa shape index (κ2) is 7.29. The predicted molar refractivity (Wildman–Crippen MR) is 82.6 cm³/mol. The molecule has 2 rings (SSSR count). The third-order valence-corrected chi connectivity index (χ3v) is 5.40. The van der Waals surface area contributed by atoms with Crippen LogP contribution in [0.3, 0.4) is 0 Å². The van der Waals surface area contributed by atoms with E-state index >= 15 is 0 Å². The van der Waals surface area contributed by atoms with Crippen molar-refractivity contribution in [1.82, 2.24) is 10.3 Å². The number of hydrogen-bond acceptors (Lipinski definition) is 4. The molecule has 1 fully saturated rings. The number of hydrogen-bond donors (Lipinski definition) is 1. The van der Waals surface area contributed by atoms with E-state index < -0.39 is 0 Å². The zero-order chi connectivity index (χ0) is 13.7. The maximum Gasteiger partial charge on any atom is 0.230 e. The number of rotatable bonds is 5. The fraction of sp³-hybridized carbons (Fsp3) is 0.714. The largest absolute Gasteiger partial charge is 0.352 e. The fourth-order valence-corrected chi connectivity index (χ4v) is 3.95. The molecule has 0 aliphatic heterocycles. The highest BCUT2D eigenvalue weighted by Crippen LogP contribution is 2.24. The van der Waals surface area contributed by atoms with E-state index in [0.29, 0.717) is 17.7 Å². The highest BCUT2D eigenvalue weighted by atomic mass is 32.2. The normalized spacial score (nSPS) is 23.3. The summed E-state index contributed by atoms with van der Waals surface area (Å²) in [5.41, 5.74) is 1.09. The van der Waals surface area contributed by atoms with Crippen LogP contribution in [0.4, 0.5) is 0 Å². The summed E-state index contributed by atoms with van der Waals surface area (Å²) in [7, 11) is 0. The van der Waals surface area contributed by atoms with Crippen molar-refractivity contribution in [3.63, 3.8) is 0 Å². The smallest absolute Gasteiger partial charge is 0.230 e. The molecule has 1 heterocycles. The summed E-state index contributed by atoms with van der Waals surface area (Å²) in [5, 5.41) is 6.35. The van der Waals surface area contributed by atoms with Gasteiger partial charge in [-0.15, -0.1) is 23.1 Å². The summed E-state index contributed by atoms with van der Waals surface area (Å²) in [5.74, 6) is 2.18. The average Bonchev–Trinajstić information content (AvgIpc) is 2.78. The van der Waals surface area contributed by atoms with Crippen LogP contribution in [0.2, 0.25) is 0 Å². The molecule has 19 heavy (non-hydrogen) atoms. The SMILES string of the molecule is Cc1nc(CSCC(=O)N[C@H]2CCCC[C@@H]2C)cs1. The van der Waals surface area contributed by atoms with E-state index in [-0.39, 0.29) is 5.91 Å². The zero-order valence-electron chi connectivity index (χ0n) is 11.6. The van der Waals surface area contributed by atoms with E-state index in [1.54, 1.807) is 23.1 Å². The quantitative estimate of drug-likeness (QED) is 0.906. The number of thiazole rings is 1. The highest BCUT2D eigenvalue weighted by molar-refractivity contribution is 7.99. The predicted octanol–water partition coefficient (Wildman–Crippen LogP) is 3.38. The Morgan fingerprint density at radius 1 is 1.53 bits per heavy atom. The van der Waals surface area contributed by atoms with Crippen molar-refractivity contribution in [2.24, 2.45) is 5.92 Å². The number of carbonyl (C=O) groups is 1. The van der Waals surface area contributed by atoms with Gasteiger partial charge in [0.05, 0.1) is 16.5 Å². The van der Waals surface area contributed by atoms with E-state index in [1.165, 1.54) is 19.3 Å². The third-order valence-electron chi connectivity index (χ3n) is 3.61. The van der Waals surface area contributed by atoms with E-state index in [1.807, 2.05) is 6.92 Å². The van der Waals surface area contributed by atoms with Crippen LogP contribution < -0.4 is 5.32 Å². The number of thioether (sulfide) groups is 1. The molecule has 1 saturated carbocycles. The first kappa shape index (κ1) is 14.9. The topological polar surface area (TPSA) is 42.0 Å². The van der Waals surface area contributed by atoms with Crippen molar-refractivity contribution in [2.75, 3.05) is 5.75 Å². The first-order chi connectivity index (χ1) is 9.15. The summed E-state index contributed by atoms with van der Waals surface area (Å²) in [6.07, 6.45) is 4.95. The lowest BCUT2D eigenvalue weighted by Crippen LogP contribution is -2.41. The van der Waals surface area contributed by atoms with Crippen molar-refractivity contribution in [2.45, 2.75) is 51.3 Å². The van der Waals surface area contributed by atoms with Crippen LogP contribution in [0.1, 0.15) is 43.3 Å². The van der Waals surface area contributed by atoms with Gasteiger partial charge >= 0.3 is 0 Å². The van der Waals surface area contributed by atoms with Gasteiger partial charge in [0.15, 0.2) is 0 Å². The summed E-state index contributed by atoms with van der Waals surface area (Å²) in [6, 6.07) is 0.392. The van der Waals surface area contributed by atoms with E-state index in [4.69, 9.17) is 0 Å². The second-order valence-electron chi connectivity index (χ2n) is 5.29. The Morgan fingerprint density at radius 2 is 2.32 bits per heavy atom. The van der Waals surface area contributed by atoms with Gasteiger partial charge in [-0.05, 0) is 25.7 Å². The molecular formula is C14H22N2OS2. The lowest BCUT2D eigenvalue weighted by molar-refractivity contribution is -0.119. The number of carbonyl (C=O) groups excluding carboxylic acids is 1. The van der Waals surface area contributed by atoms with E-state index in [9.17, 15) is 4.79 Å². The van der Waals surface area contributed by atoms with Crippen molar-refractivity contribution in [3.8, 4) is 0 Å². The Balaban J connectivity index is 1.66. The Hall–Kier alpha value is -0.550. The van der Waals surface area contributed by atoms with Crippen molar-refractivity contribution in [3.05, 3.63) is 16.1 Å². The molecule has 0 aromatic carbocycles. The van der Waals surface area contributed by atoms with Gasteiger partial charge in [0.1, 0.15) is 0 Å². The van der Waals surface area contributed by atoms with E-state index in [2.05, 4.69) is 22.6 Å². The molecule has 1 aliphatic rings. The molecule has 1 N–H and O–H groups in total. The molecule has 0 saturated heterocycles. The van der Waals surface area contributed by atoms with Gasteiger partial charge in [0, 0.05) is 17.2 Å². The molecule has 1 aliphatic carbocycles. The maximum atomic E-state index is 11.9. The molecule has 0 spiro atoms. The Labute approximate surface area is 123 Å². The van der Waals surface area contributed by atoms with Gasteiger partial charge in [-0.25, -0.2) is 4.98 Å². The van der Waals surface area contributed by atoms with E-state index in [0.717, 1.165) is 22.9 Å². The monoisotopic (exact) mass is 298 g/mol. The first-order valence-corrected chi connectivity index (χ1v) is 8.96. The molecule has 1 aromatic rings. The number of amides is 1. The minimum absolute atomic E-state index is 0.177. The van der Waals surface area contributed by atoms with Crippen LogP contribution >= 0.6 is 23.1 Å². The fourth-order valence-electron chi connectivity index (χ4n) is 2.50. The number of aryl methyl sites for hydroxylation is 1. The van der Waals surface area contributed by atoms with Gasteiger partial charge < -0.3 is 5.32 Å². The lowest BCUT2D eigenvalue weighted by Gasteiger charge is -2.29. The van der Waals surface area contributed by atoms with Crippen molar-refractivity contribution >= 4 is 29.0 Å². The number of nitrogens with zero attached hydrogens (tertiary/aromatic N) is 1. The van der Waals surface area contributed by atoms with Crippen molar-refractivity contribution in [1.29, 1.82) is 0 Å². The molecule has 5 heteroatoms. The van der Waals surface area contributed by atoms with Crippen LogP contribution in [-0.4, -0.2) is 22.7 Å². The van der Waals surface area contributed by atoms with Crippen LogP contribution in [0.5, 0.6) is 0 Å². The molecule has 0 radical (unpaired) electrons. The molecule has 0 unspecified atom stereocenters. The van der Waals surface area contributed by atoms with Gasteiger partial charge in [-0.1, -0.05) is 19.8 Å². The summed E-state index contributed by atoms with van der Waals surface area (Å²) in [4.78, 5) is 16.3. The standard InChI is InChI=1S/C14H22N2OS2/c1-10-5-3-4-6-13(10)16-14(17)9-18-7-12-8-19-11(2)15-12/h8,10,13H,3-7,9H2,1-2H3,(H,16,17)/t10-,13-/m0/s1. The Kier molecular flexibility index (Phi) is 5.70. The molecule has 3 nitrogen and oxygen atoms in total. The highest BCUT2D eigenvalue weighted by Gasteiger charge is 2.22. The second-order valence-corrected chi connectivity index (χ2v) is 7.33. The van der Waals surface area contributed by atoms with Gasteiger partial charge in [-0.3, -0.25) is 4.79 Å². The van der Waals surface area contributed by atoms with Crippen molar-refractivity contribution < 1.29 is 4.79 Å².